The number of imide groups is 1. The number of amides is 3. The van der Waals surface area contributed by atoms with Gasteiger partial charge in [0.25, 0.3) is 0 Å². The molecule has 2 aromatic rings. The molecule has 3 heterocycles. The van der Waals surface area contributed by atoms with Crippen molar-refractivity contribution in [2.75, 3.05) is 26.7 Å². The highest BCUT2D eigenvalue weighted by atomic mass is 16.5. The number of benzene rings is 1. The lowest BCUT2D eigenvalue weighted by Crippen LogP contribution is -2.44. The number of hydrogen-bond acceptors (Lipinski definition) is 3. The summed E-state index contributed by atoms with van der Waals surface area (Å²) in [5, 5.41) is 16.7. The van der Waals surface area contributed by atoms with Gasteiger partial charge in [-0.05, 0) is 28.8 Å². The third-order valence-corrected chi connectivity index (χ3v) is 5.96. The largest absolute Gasteiger partial charge is 0.633 e. The first-order valence-electron chi connectivity index (χ1n) is 8.88. The molecule has 3 atom stereocenters. The predicted molar refractivity (Wildman–Crippen MR) is 96.8 cm³/mol. The van der Waals surface area contributed by atoms with Gasteiger partial charge in [-0.25, -0.2) is 4.79 Å². The van der Waals surface area contributed by atoms with Gasteiger partial charge in [0.05, 0.1) is 19.5 Å². The van der Waals surface area contributed by atoms with Gasteiger partial charge in [-0.1, -0.05) is 12.1 Å². The topological polar surface area (TPSA) is 88.3 Å². The second kappa shape index (κ2) is 5.18. The molecule has 5 rings (SSSR count). The van der Waals surface area contributed by atoms with Crippen molar-refractivity contribution in [2.24, 2.45) is 5.92 Å². The van der Waals surface area contributed by atoms with E-state index >= 15 is 0 Å². The number of carbonyl (C=O) groups excluding carboxylic acids is 2. The van der Waals surface area contributed by atoms with E-state index in [1.807, 2.05) is 18.3 Å². The normalized spacial score (nSPS) is 30.4. The Hall–Kier alpha value is -2.64. The number of aromatic nitrogens is 1. The molecule has 134 valence electrons. The molecule has 3 aliphatic rings. The minimum absolute atomic E-state index is 0.0395. The number of likely N-dealkylation sites (N-methyl/N-ethyl adjacent to an activating group) is 1. The first kappa shape index (κ1) is 15.6. The molecule has 0 bridgehead atoms. The van der Waals surface area contributed by atoms with E-state index < -0.39 is 0 Å². The Kier molecular flexibility index (Phi) is 3.11. The number of carbonyl (C=O) groups is 2. The summed E-state index contributed by atoms with van der Waals surface area (Å²) in [7, 11) is 1.72. The third kappa shape index (κ3) is 2.21. The first-order valence-corrected chi connectivity index (χ1v) is 8.88. The van der Waals surface area contributed by atoms with Gasteiger partial charge in [0.1, 0.15) is 12.6 Å². The number of aromatic amines is 1. The van der Waals surface area contributed by atoms with Crippen molar-refractivity contribution >= 4 is 28.9 Å². The number of nitrogens with one attached hydrogen (secondary N) is 2. The summed E-state index contributed by atoms with van der Waals surface area (Å²) in [6, 6.07) is 5.61. The fraction of sp³-hybridized carbons (Fsp3) is 0.368. The van der Waals surface area contributed by atoms with Crippen molar-refractivity contribution in [2.45, 2.75) is 12.5 Å². The highest BCUT2D eigenvalue weighted by molar-refractivity contribution is 6.02. The monoisotopic (exact) mass is 352 g/mol. The Morgan fingerprint density at radius 3 is 2.96 bits per heavy atom. The van der Waals surface area contributed by atoms with Crippen molar-refractivity contribution < 1.29 is 14.2 Å². The lowest BCUT2D eigenvalue weighted by molar-refractivity contribution is -0.871. The van der Waals surface area contributed by atoms with E-state index in [-0.39, 0.29) is 35.1 Å². The Labute approximate surface area is 150 Å². The number of likely N-dealkylation sites (tertiary alicyclic amines) is 1. The number of quaternary nitrogens is 1. The van der Waals surface area contributed by atoms with Crippen molar-refractivity contribution in [3.8, 4) is 0 Å². The maximum atomic E-state index is 13.2. The average Bonchev–Trinajstić information content (AvgIpc) is 3.14. The van der Waals surface area contributed by atoms with Gasteiger partial charge in [-0.3, -0.25) is 10.1 Å². The first-order chi connectivity index (χ1) is 12.4. The van der Waals surface area contributed by atoms with Crippen LogP contribution in [0.3, 0.4) is 0 Å². The quantitative estimate of drug-likeness (QED) is 0.489. The Morgan fingerprint density at radius 2 is 2.19 bits per heavy atom. The molecule has 0 spiro atoms. The third-order valence-electron chi connectivity index (χ3n) is 5.96. The molecule has 1 aromatic heterocycles. The van der Waals surface area contributed by atoms with Crippen LogP contribution >= 0.6 is 0 Å². The molecule has 3 amide bonds. The van der Waals surface area contributed by atoms with Gasteiger partial charge < -0.3 is 19.7 Å². The minimum Gasteiger partial charge on any atom is -0.633 e. The molecule has 2 saturated heterocycles. The highest BCUT2D eigenvalue weighted by Gasteiger charge is 2.45. The van der Waals surface area contributed by atoms with Gasteiger partial charge >= 0.3 is 6.03 Å². The SMILES string of the molecule is C[N+]1([O-])C[C@H](CN2CC(=O)NC2=O)C2=Cc3cccc4[nH]cc(c34)C[C@H]21. The van der Waals surface area contributed by atoms with E-state index in [9.17, 15) is 14.8 Å². The zero-order valence-electron chi connectivity index (χ0n) is 14.5. The van der Waals surface area contributed by atoms with Crippen LogP contribution in [0.25, 0.3) is 17.0 Å². The smallest absolute Gasteiger partial charge is 0.324 e. The lowest BCUT2D eigenvalue weighted by Gasteiger charge is -2.40. The van der Waals surface area contributed by atoms with Crippen LogP contribution < -0.4 is 5.32 Å². The minimum atomic E-state index is -0.360. The van der Waals surface area contributed by atoms with Gasteiger partial charge in [0, 0.05) is 30.1 Å². The van der Waals surface area contributed by atoms with Gasteiger partial charge in [-0.15, -0.1) is 0 Å². The molecule has 0 radical (unpaired) electrons. The molecule has 1 aliphatic carbocycles. The Morgan fingerprint density at radius 1 is 1.35 bits per heavy atom. The number of urea groups is 1. The molecule has 1 aromatic carbocycles. The Bertz CT molecular complexity index is 974. The summed E-state index contributed by atoms with van der Waals surface area (Å²) in [5.74, 6) is -0.318. The maximum absolute atomic E-state index is 13.2. The van der Waals surface area contributed by atoms with Crippen LogP contribution in [-0.4, -0.2) is 59.2 Å². The van der Waals surface area contributed by atoms with E-state index in [4.69, 9.17) is 0 Å². The van der Waals surface area contributed by atoms with E-state index in [0.29, 0.717) is 19.5 Å². The van der Waals surface area contributed by atoms with Crippen LogP contribution in [0.1, 0.15) is 11.1 Å². The molecule has 1 unspecified atom stereocenters. The molecule has 2 N–H and O–H groups in total. The van der Waals surface area contributed by atoms with Gasteiger partial charge in [0.15, 0.2) is 0 Å². The number of hydroxylamine groups is 3. The summed E-state index contributed by atoms with van der Waals surface area (Å²) < 4.78 is -0.347. The van der Waals surface area contributed by atoms with Crippen molar-refractivity contribution in [3.63, 3.8) is 0 Å². The lowest BCUT2D eigenvalue weighted by atomic mass is 9.94. The average molecular weight is 352 g/mol. The summed E-state index contributed by atoms with van der Waals surface area (Å²) >= 11 is 0. The van der Waals surface area contributed by atoms with Crippen LogP contribution in [0.2, 0.25) is 0 Å². The van der Waals surface area contributed by atoms with Crippen molar-refractivity contribution in [1.82, 2.24) is 15.2 Å². The summed E-state index contributed by atoms with van der Waals surface area (Å²) in [4.78, 5) is 28.2. The zero-order chi connectivity index (χ0) is 18.1. The number of H-pyrrole nitrogens is 1. The fourth-order valence-electron chi connectivity index (χ4n) is 4.80. The molecule has 2 aliphatic heterocycles. The predicted octanol–water partition coefficient (Wildman–Crippen LogP) is 1.60. The van der Waals surface area contributed by atoms with E-state index in [1.54, 1.807) is 7.05 Å². The fourth-order valence-corrected chi connectivity index (χ4v) is 4.80. The van der Waals surface area contributed by atoms with Crippen LogP contribution in [0, 0.1) is 11.1 Å². The Balaban J connectivity index is 1.57. The van der Waals surface area contributed by atoms with E-state index in [0.717, 1.165) is 16.7 Å². The number of hydrogen-bond donors (Lipinski definition) is 2. The zero-order valence-corrected chi connectivity index (χ0v) is 14.5. The summed E-state index contributed by atoms with van der Waals surface area (Å²) in [5.41, 5.74) is 4.46. The number of fused-ring (bicyclic) bond motifs is 1. The molecular weight excluding hydrogens is 332 g/mol. The highest BCUT2D eigenvalue weighted by Crippen LogP contribution is 2.41. The van der Waals surface area contributed by atoms with Gasteiger partial charge in [-0.2, -0.15) is 0 Å². The molecule has 26 heavy (non-hydrogen) atoms. The molecule has 2 fully saturated rings. The van der Waals surface area contributed by atoms with E-state index in [1.165, 1.54) is 15.8 Å². The van der Waals surface area contributed by atoms with Crippen LogP contribution in [0.4, 0.5) is 4.79 Å². The van der Waals surface area contributed by atoms with E-state index in [2.05, 4.69) is 22.4 Å². The van der Waals surface area contributed by atoms with Crippen LogP contribution in [0.15, 0.2) is 30.0 Å². The van der Waals surface area contributed by atoms with Crippen molar-refractivity contribution in [3.05, 3.63) is 46.3 Å². The molecular formula is C19H20N4O3. The number of rotatable bonds is 2. The molecule has 7 nitrogen and oxygen atoms in total. The second-order valence-electron chi connectivity index (χ2n) is 7.74. The van der Waals surface area contributed by atoms with Crippen molar-refractivity contribution in [1.29, 1.82) is 0 Å². The van der Waals surface area contributed by atoms with Crippen LogP contribution in [-0.2, 0) is 11.2 Å². The van der Waals surface area contributed by atoms with Gasteiger partial charge in [0.2, 0.25) is 5.91 Å². The standard InChI is InChI=1S/C19H20N4O3/c1-23(26)10-13(8-22-9-17(24)21-19(22)25)14-5-11-3-2-4-15-18(11)12(7-20-15)6-16(14)23/h2-5,7,13,16,20H,6,8-10H2,1H3,(H,21,24,25)/t13-,16+,23?/m0/s1. The van der Waals surface area contributed by atoms with Crippen LogP contribution in [0.5, 0.6) is 0 Å². The maximum Gasteiger partial charge on any atom is 0.324 e. The summed E-state index contributed by atoms with van der Waals surface area (Å²) in [6.07, 6.45) is 4.83. The second-order valence-corrected chi connectivity index (χ2v) is 7.74. The number of nitrogens with zero attached hydrogens (tertiary/aromatic N) is 2. The molecule has 7 heteroatoms. The summed E-state index contributed by atoms with van der Waals surface area (Å²) in [6.45, 7) is 0.901. The molecule has 0 saturated carbocycles.